The monoisotopic (exact) mass is 786 g/mol. The molecule has 0 unspecified atom stereocenters. The Morgan fingerprint density at radius 2 is 1.33 bits per heavy atom. The summed E-state index contributed by atoms with van der Waals surface area (Å²) in [6.07, 6.45) is 10.8. The van der Waals surface area contributed by atoms with E-state index in [9.17, 15) is 30.4 Å². The third-order valence-electron chi connectivity index (χ3n) is 7.59. The Kier molecular flexibility index (Phi) is 18.1. The average molecular weight is 787 g/mol. The van der Waals surface area contributed by atoms with Crippen LogP contribution in [0.3, 0.4) is 0 Å². The molecular weight excluding hydrogens is 739 g/mol. The minimum absolute atomic E-state index is 0.0504. The second-order valence-electron chi connectivity index (χ2n) is 12.7. The number of nitrogens with zero attached hydrogens (tertiary/aromatic N) is 3. The van der Waals surface area contributed by atoms with Crippen molar-refractivity contribution >= 4 is 31.8 Å². The number of primary sulfonamides is 1. The van der Waals surface area contributed by atoms with Gasteiger partial charge in [-0.2, -0.15) is 0 Å². The van der Waals surface area contributed by atoms with Gasteiger partial charge in [0.15, 0.2) is 5.75 Å². The molecule has 0 radical (unpaired) electrons. The Morgan fingerprint density at radius 1 is 0.833 bits per heavy atom. The highest BCUT2D eigenvalue weighted by Gasteiger charge is 2.21. The lowest BCUT2D eigenvalue weighted by molar-refractivity contribution is 0.256. The molecule has 2 amide bonds. The van der Waals surface area contributed by atoms with Crippen LogP contribution < -0.4 is 19.9 Å². The fourth-order valence-electron chi connectivity index (χ4n) is 4.92. The number of aromatic nitrogens is 2. The molecule has 2 aromatic heterocycles. The molecule has 0 atom stereocenters. The van der Waals surface area contributed by atoms with E-state index in [4.69, 9.17) is 15.1 Å². The van der Waals surface area contributed by atoms with Gasteiger partial charge in [0.25, 0.3) is 6.26 Å². The molecule has 12 nitrogen and oxygen atoms in total. The average Bonchev–Trinajstić information content (AvgIpc) is 3.11. The van der Waals surface area contributed by atoms with E-state index >= 15 is 0 Å². The van der Waals surface area contributed by atoms with Crippen molar-refractivity contribution in [2.24, 2.45) is 5.14 Å². The SMILES string of the molecule is CC(C)c1cc(F)cc(-c2cccnc2)c1OC#N.CCCCS(=O)(=O)NC(=O)Nc1c(-c2cccnc2)cc(F)cc1C(C)C.CCCCS(N)(=O)=O. The van der Waals surface area contributed by atoms with Gasteiger partial charge in [-0.25, -0.2) is 40.3 Å². The molecule has 0 bridgehead atoms. The van der Waals surface area contributed by atoms with Crippen LogP contribution >= 0.6 is 0 Å². The van der Waals surface area contributed by atoms with Crippen LogP contribution in [0.5, 0.6) is 5.75 Å². The van der Waals surface area contributed by atoms with Gasteiger partial charge < -0.3 is 10.1 Å². The first-order valence-electron chi connectivity index (χ1n) is 17.3. The molecule has 4 rings (SSSR count). The summed E-state index contributed by atoms with van der Waals surface area (Å²) in [6.45, 7) is 11.4. The number of sulfonamides is 2. The van der Waals surface area contributed by atoms with Gasteiger partial charge in [-0.15, -0.1) is 5.26 Å². The van der Waals surface area contributed by atoms with Gasteiger partial charge in [0.1, 0.15) is 11.6 Å². The molecule has 16 heteroatoms. The van der Waals surface area contributed by atoms with E-state index in [0.29, 0.717) is 64.1 Å². The molecule has 0 aliphatic rings. The highest BCUT2D eigenvalue weighted by atomic mass is 32.2. The number of unbranched alkanes of at least 4 members (excludes halogenated alkanes) is 2. The summed E-state index contributed by atoms with van der Waals surface area (Å²) in [4.78, 5) is 20.4. The van der Waals surface area contributed by atoms with Crippen LogP contribution in [0, 0.1) is 23.2 Å². The van der Waals surface area contributed by atoms with Crippen molar-refractivity contribution in [1.82, 2.24) is 14.7 Å². The number of benzene rings is 2. The molecule has 2 aromatic carbocycles. The van der Waals surface area contributed by atoms with Gasteiger partial charge in [-0.3, -0.25) is 9.97 Å². The van der Waals surface area contributed by atoms with Crippen molar-refractivity contribution in [2.45, 2.75) is 79.1 Å². The van der Waals surface area contributed by atoms with E-state index in [-0.39, 0.29) is 29.2 Å². The van der Waals surface area contributed by atoms with Crippen molar-refractivity contribution in [3.05, 3.63) is 96.1 Å². The van der Waals surface area contributed by atoms with E-state index in [1.54, 1.807) is 55.3 Å². The lowest BCUT2D eigenvalue weighted by atomic mass is 9.94. The van der Waals surface area contributed by atoms with Gasteiger partial charge >= 0.3 is 6.03 Å². The maximum atomic E-state index is 14.2. The topological polar surface area (TPSA) is 194 Å². The number of ether oxygens (including phenoxy) is 1. The van der Waals surface area contributed by atoms with Crippen LogP contribution in [0.2, 0.25) is 0 Å². The van der Waals surface area contributed by atoms with E-state index in [1.165, 1.54) is 24.3 Å². The van der Waals surface area contributed by atoms with Crippen molar-refractivity contribution in [2.75, 3.05) is 16.8 Å². The van der Waals surface area contributed by atoms with Crippen molar-refractivity contribution in [1.29, 1.82) is 5.26 Å². The summed E-state index contributed by atoms with van der Waals surface area (Å²) in [5, 5.41) is 16.1. The summed E-state index contributed by atoms with van der Waals surface area (Å²) in [5.74, 6) is -0.465. The fourth-order valence-corrected chi connectivity index (χ4v) is 6.72. The zero-order valence-electron chi connectivity index (χ0n) is 31.3. The lowest BCUT2D eigenvalue weighted by Gasteiger charge is -2.19. The smallest absolute Gasteiger partial charge is 0.332 e. The molecule has 0 saturated heterocycles. The summed E-state index contributed by atoms with van der Waals surface area (Å²) < 4.78 is 79.2. The molecule has 292 valence electrons. The molecule has 2 heterocycles. The van der Waals surface area contributed by atoms with E-state index in [0.717, 1.165) is 6.42 Å². The number of carbonyl (C=O) groups excluding carboxylic acids is 1. The highest BCUT2D eigenvalue weighted by molar-refractivity contribution is 7.90. The number of hydrogen-bond acceptors (Lipinski definition) is 9. The minimum Gasteiger partial charge on any atom is -0.387 e. The molecule has 0 aliphatic carbocycles. The number of amides is 2. The maximum absolute atomic E-state index is 14.2. The third-order valence-corrected chi connectivity index (χ3v) is 9.77. The van der Waals surface area contributed by atoms with Gasteiger partial charge in [0.2, 0.25) is 20.0 Å². The highest BCUT2D eigenvalue weighted by Crippen LogP contribution is 2.38. The first-order chi connectivity index (χ1) is 25.4. The van der Waals surface area contributed by atoms with Crippen LogP contribution in [0.1, 0.15) is 90.2 Å². The predicted octanol–water partition coefficient (Wildman–Crippen LogP) is 8.21. The van der Waals surface area contributed by atoms with E-state index in [2.05, 4.69) is 15.3 Å². The zero-order chi connectivity index (χ0) is 40.5. The van der Waals surface area contributed by atoms with Crippen LogP contribution in [-0.2, 0) is 20.0 Å². The first-order valence-corrected chi connectivity index (χ1v) is 20.6. The Morgan fingerprint density at radius 3 is 1.78 bits per heavy atom. The predicted molar refractivity (Wildman–Crippen MR) is 207 cm³/mol. The number of nitrogens with two attached hydrogens (primary N) is 1. The minimum atomic E-state index is -3.73. The molecular formula is C38H48F2N6O6S2. The molecule has 0 fully saturated rings. The first kappa shape index (κ1) is 45.2. The van der Waals surface area contributed by atoms with Crippen LogP contribution in [-0.4, -0.2) is 44.3 Å². The quantitative estimate of drug-likeness (QED) is 0.112. The van der Waals surface area contributed by atoms with Crippen LogP contribution in [0.4, 0.5) is 19.3 Å². The van der Waals surface area contributed by atoms with E-state index < -0.39 is 31.9 Å². The van der Waals surface area contributed by atoms with Gasteiger partial charge in [0, 0.05) is 52.6 Å². The Labute approximate surface area is 317 Å². The van der Waals surface area contributed by atoms with Gasteiger partial charge in [-0.05, 0) is 66.6 Å². The molecule has 54 heavy (non-hydrogen) atoms. The number of pyridine rings is 2. The standard InChI is InChI=1S/C19H24FN3O3S.C15H13FN2O.C4H11NO2S/c1-4-5-9-27(25,26)23-19(24)22-18-16(13(2)3)10-15(20)11-17(18)14-7-6-8-21-12-14;1-10(2)13-6-12(16)7-14(15(13)19-9-17)11-4-3-5-18-8-11;1-2-3-4-8(5,6)7/h6-8,10-13H,4-5,9H2,1-3H3,(H2,22,23,24);3-8,10H,1-2H3;2-4H2,1H3,(H2,5,6,7). The fraction of sp³-hybridized carbons (Fsp3) is 0.368. The largest absolute Gasteiger partial charge is 0.387 e. The van der Waals surface area contributed by atoms with Crippen molar-refractivity contribution < 1.29 is 35.1 Å². The van der Waals surface area contributed by atoms with Crippen molar-refractivity contribution in [3.8, 4) is 34.3 Å². The third kappa shape index (κ3) is 15.2. The Bertz CT molecular complexity index is 2080. The molecule has 4 aromatic rings. The number of hydrogen-bond donors (Lipinski definition) is 3. The normalized spacial score (nSPS) is 11.1. The molecule has 4 N–H and O–H groups in total. The van der Waals surface area contributed by atoms with Crippen molar-refractivity contribution in [3.63, 3.8) is 0 Å². The van der Waals surface area contributed by atoms with Gasteiger partial charge in [-0.1, -0.05) is 66.5 Å². The zero-order valence-corrected chi connectivity index (χ0v) is 32.9. The Balaban J connectivity index is 0.000000323. The number of rotatable bonds is 13. The summed E-state index contributed by atoms with van der Waals surface area (Å²) >= 11 is 0. The maximum Gasteiger partial charge on any atom is 0.332 e. The van der Waals surface area contributed by atoms with E-state index in [1.807, 2.05) is 46.3 Å². The number of nitrogens with one attached hydrogen (secondary N) is 2. The number of urea groups is 1. The van der Waals surface area contributed by atoms with Gasteiger partial charge in [0.05, 0.1) is 17.2 Å². The second-order valence-corrected chi connectivity index (χ2v) is 16.3. The summed E-state index contributed by atoms with van der Waals surface area (Å²) in [5.41, 5.74) is 3.90. The Hall–Kier alpha value is -4.98. The number of anilines is 1. The molecule has 0 aliphatic heterocycles. The lowest BCUT2D eigenvalue weighted by Crippen LogP contribution is -2.36. The molecule has 0 spiro atoms. The number of carbonyl (C=O) groups is 1. The number of nitriles is 1. The second kappa shape index (κ2) is 21.7. The summed E-state index contributed by atoms with van der Waals surface area (Å²) in [7, 11) is -6.92. The molecule has 0 saturated carbocycles. The van der Waals surface area contributed by atoms with Crippen LogP contribution in [0.25, 0.3) is 22.3 Å². The van der Waals surface area contributed by atoms with Crippen LogP contribution in [0.15, 0.2) is 73.3 Å². The summed E-state index contributed by atoms with van der Waals surface area (Å²) in [6, 6.07) is 11.5. The number of halogens is 2.